The Morgan fingerprint density at radius 1 is 1.30 bits per heavy atom. The van der Waals surface area contributed by atoms with Gasteiger partial charge in [-0.3, -0.25) is 4.79 Å². The molecule has 0 aromatic heterocycles. The molecule has 3 N–H and O–H groups in total. The SMILES string of the molecule is COc1cc(N)ccc1C(=O)Nc1c(C)cccc1F. The number of carbonyl (C=O) groups is 1. The van der Waals surface area contributed by atoms with Crippen molar-refractivity contribution in [3.8, 4) is 5.75 Å². The van der Waals surface area contributed by atoms with E-state index in [1.54, 1.807) is 37.3 Å². The number of methoxy groups -OCH3 is 1. The molecule has 2 rings (SSSR count). The van der Waals surface area contributed by atoms with Crippen LogP contribution in [0.15, 0.2) is 36.4 Å². The van der Waals surface area contributed by atoms with Crippen LogP contribution in [0.25, 0.3) is 0 Å². The van der Waals surface area contributed by atoms with Crippen LogP contribution in [0.2, 0.25) is 0 Å². The average molecular weight is 274 g/mol. The van der Waals surface area contributed by atoms with Crippen LogP contribution in [0.3, 0.4) is 0 Å². The molecule has 0 aliphatic heterocycles. The minimum atomic E-state index is -0.479. The largest absolute Gasteiger partial charge is 0.496 e. The van der Waals surface area contributed by atoms with Gasteiger partial charge in [0.2, 0.25) is 0 Å². The smallest absolute Gasteiger partial charge is 0.259 e. The van der Waals surface area contributed by atoms with Crippen LogP contribution in [-0.4, -0.2) is 13.0 Å². The van der Waals surface area contributed by atoms with E-state index in [1.165, 1.54) is 13.2 Å². The van der Waals surface area contributed by atoms with E-state index in [0.717, 1.165) is 0 Å². The van der Waals surface area contributed by atoms with E-state index < -0.39 is 11.7 Å². The van der Waals surface area contributed by atoms with Crippen molar-refractivity contribution in [3.63, 3.8) is 0 Å². The topological polar surface area (TPSA) is 64.3 Å². The Bertz CT molecular complexity index is 636. The monoisotopic (exact) mass is 274 g/mol. The summed E-state index contributed by atoms with van der Waals surface area (Å²) < 4.78 is 18.8. The number of amides is 1. The number of benzene rings is 2. The highest BCUT2D eigenvalue weighted by Crippen LogP contribution is 2.24. The Labute approximate surface area is 116 Å². The number of nitrogen functional groups attached to an aromatic ring is 1. The van der Waals surface area contributed by atoms with Gasteiger partial charge in [-0.05, 0) is 30.7 Å². The zero-order valence-corrected chi connectivity index (χ0v) is 11.2. The standard InChI is InChI=1S/C15H15FN2O2/c1-9-4-3-5-12(16)14(9)18-15(19)11-7-6-10(17)8-13(11)20-2/h3-8H,17H2,1-2H3,(H,18,19). The first-order valence-electron chi connectivity index (χ1n) is 6.03. The molecule has 0 aliphatic rings. The number of nitrogens with two attached hydrogens (primary N) is 1. The Morgan fingerprint density at radius 2 is 2.05 bits per heavy atom. The Hall–Kier alpha value is -2.56. The highest BCUT2D eigenvalue weighted by Gasteiger charge is 2.15. The fraction of sp³-hybridized carbons (Fsp3) is 0.133. The normalized spacial score (nSPS) is 10.2. The van der Waals surface area contributed by atoms with Gasteiger partial charge in [0.15, 0.2) is 0 Å². The van der Waals surface area contributed by atoms with Gasteiger partial charge in [0, 0.05) is 11.8 Å². The lowest BCUT2D eigenvalue weighted by molar-refractivity contribution is 0.102. The van der Waals surface area contributed by atoms with Crippen molar-refractivity contribution < 1.29 is 13.9 Å². The lowest BCUT2D eigenvalue weighted by atomic mass is 10.1. The van der Waals surface area contributed by atoms with Gasteiger partial charge in [-0.15, -0.1) is 0 Å². The molecule has 0 aliphatic carbocycles. The number of nitrogens with one attached hydrogen (secondary N) is 1. The van der Waals surface area contributed by atoms with Crippen molar-refractivity contribution >= 4 is 17.3 Å². The quantitative estimate of drug-likeness (QED) is 0.846. The maximum Gasteiger partial charge on any atom is 0.259 e. The van der Waals surface area contributed by atoms with Crippen LogP contribution < -0.4 is 15.8 Å². The first-order valence-corrected chi connectivity index (χ1v) is 6.03. The maximum atomic E-state index is 13.7. The molecular weight excluding hydrogens is 259 g/mol. The number of rotatable bonds is 3. The highest BCUT2D eigenvalue weighted by atomic mass is 19.1. The van der Waals surface area contributed by atoms with E-state index in [4.69, 9.17) is 10.5 Å². The predicted octanol–water partition coefficient (Wildman–Crippen LogP) is 2.98. The minimum absolute atomic E-state index is 0.163. The summed E-state index contributed by atoms with van der Waals surface area (Å²) in [6, 6.07) is 9.28. The second-order valence-corrected chi connectivity index (χ2v) is 4.35. The molecule has 104 valence electrons. The van der Waals surface area contributed by atoms with Gasteiger partial charge in [0.1, 0.15) is 11.6 Å². The molecule has 0 heterocycles. The average Bonchev–Trinajstić information content (AvgIpc) is 2.42. The molecule has 1 amide bonds. The van der Waals surface area contributed by atoms with Crippen molar-refractivity contribution in [3.05, 3.63) is 53.3 Å². The summed E-state index contributed by atoms with van der Waals surface area (Å²) >= 11 is 0. The number of anilines is 2. The van der Waals surface area contributed by atoms with E-state index in [9.17, 15) is 9.18 Å². The molecule has 0 atom stereocenters. The van der Waals surface area contributed by atoms with Crippen molar-refractivity contribution in [2.45, 2.75) is 6.92 Å². The summed E-state index contributed by atoms with van der Waals surface area (Å²) in [7, 11) is 1.44. The zero-order chi connectivity index (χ0) is 14.7. The molecule has 0 bridgehead atoms. The molecule has 0 saturated heterocycles. The van der Waals surface area contributed by atoms with Crippen LogP contribution >= 0.6 is 0 Å². The highest BCUT2D eigenvalue weighted by molar-refractivity contribution is 6.06. The van der Waals surface area contributed by atoms with Crippen molar-refractivity contribution in [2.75, 3.05) is 18.2 Å². The van der Waals surface area contributed by atoms with Gasteiger partial charge >= 0.3 is 0 Å². The fourth-order valence-electron chi connectivity index (χ4n) is 1.87. The van der Waals surface area contributed by atoms with Gasteiger partial charge in [0.05, 0.1) is 18.4 Å². The maximum absolute atomic E-state index is 13.7. The first-order chi connectivity index (χ1) is 9.52. The number of hydrogen-bond acceptors (Lipinski definition) is 3. The molecule has 2 aromatic rings. The number of hydrogen-bond donors (Lipinski definition) is 2. The summed E-state index contributed by atoms with van der Waals surface area (Å²) in [5, 5.41) is 2.55. The van der Waals surface area contributed by atoms with E-state index in [-0.39, 0.29) is 5.69 Å². The summed E-state index contributed by atoms with van der Waals surface area (Å²) in [5.74, 6) is -0.584. The molecule has 0 unspecified atom stereocenters. The summed E-state index contributed by atoms with van der Waals surface area (Å²) in [6.45, 7) is 1.72. The lowest BCUT2D eigenvalue weighted by Gasteiger charge is -2.12. The third-order valence-corrected chi connectivity index (χ3v) is 2.93. The van der Waals surface area contributed by atoms with Gasteiger partial charge < -0.3 is 15.8 Å². The molecule has 5 heteroatoms. The minimum Gasteiger partial charge on any atom is -0.496 e. The van der Waals surface area contributed by atoms with E-state index in [0.29, 0.717) is 22.6 Å². The Morgan fingerprint density at radius 3 is 2.70 bits per heavy atom. The molecule has 2 aromatic carbocycles. The second-order valence-electron chi connectivity index (χ2n) is 4.35. The molecular formula is C15H15FN2O2. The van der Waals surface area contributed by atoms with Gasteiger partial charge in [-0.1, -0.05) is 12.1 Å². The van der Waals surface area contributed by atoms with E-state index in [1.807, 2.05) is 0 Å². The third kappa shape index (κ3) is 2.71. The van der Waals surface area contributed by atoms with Crippen LogP contribution in [-0.2, 0) is 0 Å². The molecule has 20 heavy (non-hydrogen) atoms. The molecule has 0 fully saturated rings. The second kappa shape index (κ2) is 5.61. The summed E-state index contributed by atoms with van der Waals surface area (Å²) in [6.07, 6.45) is 0. The molecule has 0 radical (unpaired) electrons. The van der Waals surface area contributed by atoms with Crippen LogP contribution in [0.4, 0.5) is 15.8 Å². The Balaban J connectivity index is 2.33. The van der Waals surface area contributed by atoms with Crippen molar-refractivity contribution in [1.82, 2.24) is 0 Å². The zero-order valence-electron chi connectivity index (χ0n) is 11.2. The predicted molar refractivity (Wildman–Crippen MR) is 76.5 cm³/mol. The van der Waals surface area contributed by atoms with Crippen LogP contribution in [0.1, 0.15) is 15.9 Å². The third-order valence-electron chi connectivity index (χ3n) is 2.93. The number of ether oxygens (including phenoxy) is 1. The molecule has 0 spiro atoms. The number of aryl methyl sites for hydroxylation is 1. The fourth-order valence-corrected chi connectivity index (χ4v) is 1.87. The molecule has 4 nitrogen and oxygen atoms in total. The van der Waals surface area contributed by atoms with E-state index in [2.05, 4.69) is 5.32 Å². The molecule has 0 saturated carbocycles. The van der Waals surface area contributed by atoms with Gasteiger partial charge in [-0.25, -0.2) is 4.39 Å². The lowest BCUT2D eigenvalue weighted by Crippen LogP contribution is -2.15. The van der Waals surface area contributed by atoms with Gasteiger partial charge in [-0.2, -0.15) is 0 Å². The van der Waals surface area contributed by atoms with E-state index >= 15 is 0 Å². The first kappa shape index (κ1) is 13.9. The van der Waals surface area contributed by atoms with Crippen LogP contribution in [0.5, 0.6) is 5.75 Å². The number of para-hydroxylation sites is 1. The van der Waals surface area contributed by atoms with Crippen molar-refractivity contribution in [2.24, 2.45) is 0 Å². The summed E-state index contributed by atoms with van der Waals surface area (Å²) in [4.78, 5) is 12.2. The Kier molecular flexibility index (Phi) is 3.89. The number of carbonyl (C=O) groups excluding carboxylic acids is 1. The summed E-state index contributed by atoms with van der Waals surface area (Å²) in [5.41, 5.74) is 7.22. The van der Waals surface area contributed by atoms with Gasteiger partial charge in [0.25, 0.3) is 5.91 Å². The van der Waals surface area contributed by atoms with Crippen LogP contribution in [0, 0.1) is 12.7 Å². The van der Waals surface area contributed by atoms with Crippen molar-refractivity contribution in [1.29, 1.82) is 0 Å². The number of halogens is 1.